The second-order valence-electron chi connectivity index (χ2n) is 5.38. The number of aromatic amines is 1. The van der Waals surface area contributed by atoms with E-state index in [1.807, 2.05) is 18.2 Å². The second kappa shape index (κ2) is 6.91. The van der Waals surface area contributed by atoms with Gasteiger partial charge in [-0.25, -0.2) is 0 Å². The van der Waals surface area contributed by atoms with E-state index < -0.39 is 0 Å². The monoisotopic (exact) mass is 357 g/mol. The summed E-state index contributed by atoms with van der Waals surface area (Å²) >= 11 is 5.92. The average Bonchev–Trinajstić information content (AvgIpc) is 2.62. The van der Waals surface area contributed by atoms with Crippen molar-refractivity contribution < 1.29 is 14.6 Å². The lowest BCUT2D eigenvalue weighted by molar-refractivity contribution is 0.340. The molecule has 25 heavy (non-hydrogen) atoms. The van der Waals surface area contributed by atoms with E-state index in [0.29, 0.717) is 21.8 Å². The first-order valence-corrected chi connectivity index (χ1v) is 7.85. The molecule has 3 rings (SSSR count). The molecule has 0 saturated heterocycles. The van der Waals surface area contributed by atoms with Crippen molar-refractivity contribution in [3.05, 3.63) is 63.9 Å². The van der Waals surface area contributed by atoms with Gasteiger partial charge in [0.2, 0.25) is 11.3 Å². The minimum absolute atomic E-state index is 0.0866. The molecule has 1 aromatic heterocycles. The minimum Gasteiger partial charge on any atom is -0.502 e. The van der Waals surface area contributed by atoms with Crippen molar-refractivity contribution >= 4 is 11.6 Å². The predicted octanol–water partition coefficient (Wildman–Crippen LogP) is 4.09. The number of aromatic nitrogens is 1. The van der Waals surface area contributed by atoms with Crippen molar-refractivity contribution in [2.75, 3.05) is 14.2 Å². The summed E-state index contributed by atoms with van der Waals surface area (Å²) in [5, 5.41) is 10.7. The summed E-state index contributed by atoms with van der Waals surface area (Å²) in [7, 11) is 2.91. The molecule has 0 aliphatic rings. The number of benzene rings is 2. The van der Waals surface area contributed by atoms with Gasteiger partial charge < -0.3 is 19.6 Å². The Hall–Kier alpha value is -2.92. The highest BCUT2D eigenvalue weighted by Crippen LogP contribution is 2.40. The number of nitrogens with one attached hydrogen (secondary N) is 1. The normalized spacial score (nSPS) is 10.5. The summed E-state index contributed by atoms with van der Waals surface area (Å²) in [6.07, 6.45) is 0. The molecule has 0 aliphatic heterocycles. The highest BCUT2D eigenvalue weighted by Gasteiger charge is 2.13. The van der Waals surface area contributed by atoms with E-state index in [0.717, 1.165) is 5.56 Å². The number of hydrogen-bond acceptors (Lipinski definition) is 4. The number of pyridine rings is 1. The zero-order valence-electron chi connectivity index (χ0n) is 13.7. The predicted molar refractivity (Wildman–Crippen MR) is 97.7 cm³/mol. The Morgan fingerprint density at radius 1 is 0.880 bits per heavy atom. The topological polar surface area (TPSA) is 71.6 Å². The second-order valence-corrected chi connectivity index (χ2v) is 5.82. The van der Waals surface area contributed by atoms with Crippen LogP contribution in [0.15, 0.2) is 53.3 Å². The van der Waals surface area contributed by atoms with Gasteiger partial charge in [-0.1, -0.05) is 23.7 Å². The quantitative estimate of drug-likeness (QED) is 0.737. The third kappa shape index (κ3) is 3.46. The third-order valence-electron chi connectivity index (χ3n) is 3.81. The van der Waals surface area contributed by atoms with Crippen LogP contribution in [0.1, 0.15) is 0 Å². The summed E-state index contributed by atoms with van der Waals surface area (Å²) in [5.41, 5.74) is 2.61. The summed E-state index contributed by atoms with van der Waals surface area (Å²) in [5.74, 6) is 0.446. The summed E-state index contributed by atoms with van der Waals surface area (Å²) < 4.78 is 10.4. The Balaban J connectivity index is 2.15. The Bertz CT molecular complexity index is 939. The molecule has 2 N–H and O–H groups in total. The van der Waals surface area contributed by atoms with E-state index in [2.05, 4.69) is 4.98 Å². The van der Waals surface area contributed by atoms with E-state index >= 15 is 0 Å². The van der Waals surface area contributed by atoms with E-state index in [1.54, 1.807) is 24.3 Å². The standard InChI is InChI=1S/C19H16ClNO4/c1-24-16-8-13(9-17(25-2)19(16)23)12-7-15(21-18(22)10-12)11-3-5-14(20)6-4-11/h3-10,23H,1-2H3,(H,21,22). The van der Waals surface area contributed by atoms with Gasteiger partial charge in [0, 0.05) is 16.8 Å². The average molecular weight is 358 g/mol. The van der Waals surface area contributed by atoms with E-state index in [1.165, 1.54) is 20.3 Å². The molecular weight excluding hydrogens is 342 g/mol. The fourth-order valence-corrected chi connectivity index (χ4v) is 2.68. The molecule has 0 spiro atoms. The number of halogens is 1. The molecule has 1 heterocycles. The van der Waals surface area contributed by atoms with Crippen molar-refractivity contribution in [3.63, 3.8) is 0 Å². The van der Waals surface area contributed by atoms with Crippen LogP contribution >= 0.6 is 11.6 Å². The van der Waals surface area contributed by atoms with Crippen LogP contribution in [0.25, 0.3) is 22.4 Å². The number of hydrogen-bond donors (Lipinski definition) is 2. The Labute approximate surface area is 149 Å². The summed E-state index contributed by atoms with van der Waals surface area (Å²) in [6.45, 7) is 0. The highest BCUT2D eigenvalue weighted by atomic mass is 35.5. The zero-order valence-corrected chi connectivity index (χ0v) is 14.4. The van der Waals surface area contributed by atoms with Crippen molar-refractivity contribution in [1.29, 1.82) is 0 Å². The first-order valence-electron chi connectivity index (χ1n) is 7.47. The molecule has 128 valence electrons. The van der Waals surface area contributed by atoms with Gasteiger partial charge in [-0.3, -0.25) is 4.79 Å². The molecule has 0 unspecified atom stereocenters. The number of ether oxygens (including phenoxy) is 2. The van der Waals surface area contributed by atoms with E-state index in [-0.39, 0.29) is 22.8 Å². The molecule has 3 aromatic rings. The lowest BCUT2D eigenvalue weighted by atomic mass is 10.0. The number of phenolic OH excluding ortho intramolecular Hbond substituents is 1. The fourth-order valence-electron chi connectivity index (χ4n) is 2.56. The van der Waals surface area contributed by atoms with Gasteiger partial charge in [-0.05, 0) is 47.0 Å². The van der Waals surface area contributed by atoms with Gasteiger partial charge >= 0.3 is 0 Å². The highest BCUT2D eigenvalue weighted by molar-refractivity contribution is 6.30. The minimum atomic E-state index is -0.242. The SMILES string of the molecule is COc1cc(-c2cc(-c3ccc(Cl)cc3)[nH]c(=O)c2)cc(OC)c1O. The maximum absolute atomic E-state index is 12.1. The number of phenols is 1. The van der Waals surface area contributed by atoms with Crippen LogP contribution in [0.2, 0.25) is 5.02 Å². The molecule has 0 radical (unpaired) electrons. The van der Waals surface area contributed by atoms with Gasteiger partial charge in [-0.15, -0.1) is 0 Å². The maximum atomic E-state index is 12.1. The molecule has 0 amide bonds. The summed E-state index contributed by atoms with van der Waals surface area (Å²) in [6, 6.07) is 13.8. The lowest BCUT2D eigenvalue weighted by Crippen LogP contribution is -2.05. The fraction of sp³-hybridized carbons (Fsp3) is 0.105. The van der Waals surface area contributed by atoms with Crippen molar-refractivity contribution in [1.82, 2.24) is 4.98 Å². The number of methoxy groups -OCH3 is 2. The summed E-state index contributed by atoms with van der Waals surface area (Å²) in [4.78, 5) is 14.9. The zero-order chi connectivity index (χ0) is 18.0. The molecule has 2 aromatic carbocycles. The van der Waals surface area contributed by atoms with Gasteiger partial charge in [0.1, 0.15) is 0 Å². The molecule has 0 bridgehead atoms. The number of rotatable bonds is 4. The van der Waals surface area contributed by atoms with Gasteiger partial charge in [-0.2, -0.15) is 0 Å². The third-order valence-corrected chi connectivity index (χ3v) is 4.06. The van der Waals surface area contributed by atoms with Crippen LogP contribution in [-0.2, 0) is 0 Å². The largest absolute Gasteiger partial charge is 0.502 e. The lowest BCUT2D eigenvalue weighted by Gasteiger charge is -2.12. The molecule has 6 heteroatoms. The van der Waals surface area contributed by atoms with Gasteiger partial charge in [0.25, 0.3) is 0 Å². The van der Waals surface area contributed by atoms with Crippen LogP contribution in [0, 0.1) is 0 Å². The van der Waals surface area contributed by atoms with Crippen LogP contribution < -0.4 is 15.0 Å². The van der Waals surface area contributed by atoms with Crippen LogP contribution in [0.4, 0.5) is 0 Å². The Kier molecular flexibility index (Phi) is 4.67. The van der Waals surface area contributed by atoms with E-state index in [9.17, 15) is 9.90 Å². The maximum Gasteiger partial charge on any atom is 0.249 e. The van der Waals surface area contributed by atoms with Crippen LogP contribution in [-0.4, -0.2) is 24.3 Å². The number of aromatic hydroxyl groups is 1. The van der Waals surface area contributed by atoms with Crippen LogP contribution in [0.3, 0.4) is 0 Å². The Morgan fingerprint density at radius 3 is 2.00 bits per heavy atom. The first kappa shape index (κ1) is 16.9. The van der Waals surface area contributed by atoms with Crippen molar-refractivity contribution in [3.8, 4) is 39.6 Å². The van der Waals surface area contributed by atoms with Gasteiger partial charge in [0.05, 0.1) is 14.2 Å². The number of H-pyrrole nitrogens is 1. The molecule has 0 atom stereocenters. The Morgan fingerprint density at radius 2 is 1.44 bits per heavy atom. The van der Waals surface area contributed by atoms with Crippen molar-refractivity contribution in [2.24, 2.45) is 0 Å². The van der Waals surface area contributed by atoms with Gasteiger partial charge in [0.15, 0.2) is 11.5 Å². The smallest absolute Gasteiger partial charge is 0.249 e. The molecule has 5 nitrogen and oxygen atoms in total. The molecule has 0 fully saturated rings. The van der Waals surface area contributed by atoms with E-state index in [4.69, 9.17) is 21.1 Å². The van der Waals surface area contributed by atoms with Crippen molar-refractivity contribution in [2.45, 2.75) is 0 Å². The first-order chi connectivity index (χ1) is 12.0. The molecular formula is C19H16ClNO4. The molecule has 0 aliphatic carbocycles. The molecule has 0 saturated carbocycles. The van der Waals surface area contributed by atoms with Crippen LogP contribution in [0.5, 0.6) is 17.2 Å².